The summed E-state index contributed by atoms with van der Waals surface area (Å²) in [5.41, 5.74) is -1.40. The molecule has 0 aliphatic carbocycles. The molecule has 0 heterocycles. The third kappa shape index (κ3) is 3.68. The first-order valence-corrected chi connectivity index (χ1v) is 4.49. The van der Waals surface area contributed by atoms with Crippen LogP contribution >= 0.6 is 0 Å². The molecule has 0 aliphatic rings. The molecule has 0 aliphatic heterocycles. The predicted molar refractivity (Wildman–Crippen MR) is 51.4 cm³/mol. The van der Waals surface area contributed by atoms with Crippen LogP contribution < -0.4 is 5.32 Å². The van der Waals surface area contributed by atoms with Crippen molar-refractivity contribution in [2.75, 3.05) is 6.54 Å². The van der Waals surface area contributed by atoms with Gasteiger partial charge in [0.25, 0.3) is 5.91 Å². The number of hydrogen-bond acceptors (Lipinski definition) is 3. The van der Waals surface area contributed by atoms with Crippen molar-refractivity contribution in [2.45, 2.75) is 6.18 Å². The van der Waals surface area contributed by atoms with Gasteiger partial charge in [0.05, 0.1) is 4.92 Å². The standard InChI is InChI=1S/C9H6F4N2O3/c10-6-2-1-5(3-7(6)15(17)18)8(16)14-4-9(11,12)13/h1-3H,4H2,(H,14,16). The lowest BCUT2D eigenvalue weighted by Gasteiger charge is -2.08. The average Bonchev–Trinajstić information content (AvgIpc) is 2.25. The van der Waals surface area contributed by atoms with Crippen LogP contribution in [0.25, 0.3) is 0 Å². The van der Waals surface area contributed by atoms with Crippen LogP contribution in [0, 0.1) is 15.9 Å². The van der Waals surface area contributed by atoms with Crippen LogP contribution in [0.4, 0.5) is 23.2 Å². The molecule has 18 heavy (non-hydrogen) atoms. The summed E-state index contributed by atoms with van der Waals surface area (Å²) < 4.78 is 48.4. The van der Waals surface area contributed by atoms with Gasteiger partial charge in [-0.15, -0.1) is 0 Å². The number of nitro groups is 1. The number of amides is 1. The van der Waals surface area contributed by atoms with Crippen molar-refractivity contribution in [2.24, 2.45) is 0 Å². The van der Waals surface area contributed by atoms with E-state index >= 15 is 0 Å². The van der Waals surface area contributed by atoms with Crippen molar-refractivity contribution in [3.8, 4) is 0 Å². The summed E-state index contributed by atoms with van der Waals surface area (Å²) in [6.07, 6.45) is -4.60. The molecule has 98 valence electrons. The largest absolute Gasteiger partial charge is 0.405 e. The Bertz CT molecular complexity index is 487. The average molecular weight is 266 g/mol. The minimum atomic E-state index is -4.60. The number of halogens is 4. The summed E-state index contributed by atoms with van der Waals surface area (Å²) >= 11 is 0. The van der Waals surface area contributed by atoms with Crippen LogP contribution in [-0.2, 0) is 0 Å². The van der Waals surface area contributed by atoms with Gasteiger partial charge in [-0.2, -0.15) is 17.6 Å². The second-order valence-corrected chi connectivity index (χ2v) is 3.22. The molecule has 0 unspecified atom stereocenters. The Hall–Kier alpha value is -2.19. The summed E-state index contributed by atoms with van der Waals surface area (Å²) in [6, 6.07) is 2.07. The zero-order valence-corrected chi connectivity index (χ0v) is 8.62. The van der Waals surface area contributed by atoms with Crippen molar-refractivity contribution >= 4 is 11.6 Å². The van der Waals surface area contributed by atoms with E-state index in [1.54, 1.807) is 0 Å². The highest BCUT2D eigenvalue weighted by Crippen LogP contribution is 2.19. The van der Waals surface area contributed by atoms with Crippen LogP contribution in [0.2, 0.25) is 0 Å². The normalized spacial score (nSPS) is 11.1. The van der Waals surface area contributed by atoms with Crippen LogP contribution in [0.5, 0.6) is 0 Å². The predicted octanol–water partition coefficient (Wildman–Crippen LogP) is 2.03. The zero-order chi connectivity index (χ0) is 13.9. The van der Waals surface area contributed by atoms with E-state index in [0.29, 0.717) is 12.1 Å². The van der Waals surface area contributed by atoms with Gasteiger partial charge in [-0.05, 0) is 12.1 Å². The molecule has 0 spiro atoms. The van der Waals surface area contributed by atoms with Crippen LogP contribution in [0.15, 0.2) is 18.2 Å². The molecule has 5 nitrogen and oxygen atoms in total. The van der Waals surface area contributed by atoms with E-state index in [4.69, 9.17) is 0 Å². The lowest BCUT2D eigenvalue weighted by molar-refractivity contribution is -0.387. The quantitative estimate of drug-likeness (QED) is 0.517. The van der Waals surface area contributed by atoms with Crippen LogP contribution in [-0.4, -0.2) is 23.6 Å². The fraction of sp³-hybridized carbons (Fsp3) is 0.222. The lowest BCUT2D eigenvalue weighted by atomic mass is 10.2. The Morgan fingerprint density at radius 2 is 2.00 bits per heavy atom. The van der Waals surface area contributed by atoms with Gasteiger partial charge in [0.15, 0.2) is 0 Å². The SMILES string of the molecule is O=C(NCC(F)(F)F)c1ccc(F)c([N+](=O)[O-])c1. The van der Waals surface area contributed by atoms with E-state index < -0.39 is 40.6 Å². The molecule has 1 rings (SSSR count). The monoisotopic (exact) mass is 266 g/mol. The van der Waals surface area contributed by atoms with E-state index in [2.05, 4.69) is 0 Å². The number of nitrogens with zero attached hydrogens (tertiary/aromatic N) is 1. The highest BCUT2D eigenvalue weighted by atomic mass is 19.4. The summed E-state index contributed by atoms with van der Waals surface area (Å²) in [6.45, 7) is -1.57. The number of rotatable bonds is 3. The van der Waals surface area contributed by atoms with E-state index in [-0.39, 0.29) is 0 Å². The maximum atomic E-state index is 12.9. The minimum Gasteiger partial charge on any atom is -0.343 e. The first-order valence-electron chi connectivity index (χ1n) is 4.49. The fourth-order valence-electron chi connectivity index (χ4n) is 1.08. The summed E-state index contributed by atoms with van der Waals surface area (Å²) in [7, 11) is 0. The first-order chi connectivity index (χ1) is 8.20. The Labute approximate surface area is 97.6 Å². The molecular formula is C9H6F4N2O3. The number of hydrogen-bond donors (Lipinski definition) is 1. The smallest absolute Gasteiger partial charge is 0.343 e. The molecule has 0 radical (unpaired) electrons. The molecule has 1 N–H and O–H groups in total. The van der Waals surface area contributed by atoms with Gasteiger partial charge in [-0.3, -0.25) is 14.9 Å². The van der Waals surface area contributed by atoms with Gasteiger partial charge in [-0.25, -0.2) is 0 Å². The molecule has 1 aromatic carbocycles. The molecule has 1 aromatic rings. The molecule has 0 saturated carbocycles. The topological polar surface area (TPSA) is 72.2 Å². The maximum absolute atomic E-state index is 12.9. The van der Waals surface area contributed by atoms with Gasteiger partial charge < -0.3 is 5.32 Å². The van der Waals surface area contributed by atoms with Gasteiger partial charge in [0.1, 0.15) is 6.54 Å². The van der Waals surface area contributed by atoms with E-state index in [1.807, 2.05) is 0 Å². The molecule has 0 atom stereocenters. The Morgan fingerprint density at radius 1 is 1.39 bits per heavy atom. The van der Waals surface area contributed by atoms with Gasteiger partial charge in [0.2, 0.25) is 5.82 Å². The summed E-state index contributed by atoms with van der Waals surface area (Å²) in [4.78, 5) is 20.5. The van der Waals surface area contributed by atoms with Crippen molar-refractivity contribution in [3.63, 3.8) is 0 Å². The van der Waals surface area contributed by atoms with Crippen LogP contribution in [0.1, 0.15) is 10.4 Å². The highest BCUT2D eigenvalue weighted by molar-refractivity contribution is 5.94. The molecule has 9 heteroatoms. The highest BCUT2D eigenvalue weighted by Gasteiger charge is 2.28. The third-order valence-electron chi connectivity index (χ3n) is 1.85. The molecule has 0 bridgehead atoms. The molecule has 0 aromatic heterocycles. The Morgan fingerprint density at radius 3 is 2.50 bits per heavy atom. The third-order valence-corrected chi connectivity index (χ3v) is 1.85. The number of carbonyl (C=O) groups is 1. The van der Waals surface area contributed by atoms with Crippen molar-refractivity contribution in [3.05, 3.63) is 39.7 Å². The summed E-state index contributed by atoms with van der Waals surface area (Å²) in [5, 5.41) is 11.9. The molecule has 1 amide bonds. The Kier molecular flexibility index (Phi) is 3.84. The minimum absolute atomic E-state index is 0.424. The number of alkyl halides is 3. The maximum Gasteiger partial charge on any atom is 0.405 e. The number of benzene rings is 1. The van der Waals surface area contributed by atoms with Crippen molar-refractivity contribution in [1.82, 2.24) is 5.32 Å². The Balaban J connectivity index is 2.87. The number of nitro benzene ring substituents is 1. The van der Waals surface area contributed by atoms with Crippen molar-refractivity contribution < 1.29 is 27.3 Å². The van der Waals surface area contributed by atoms with E-state index in [1.165, 1.54) is 5.32 Å². The lowest BCUT2D eigenvalue weighted by Crippen LogP contribution is -2.33. The second kappa shape index (κ2) is 4.98. The first kappa shape index (κ1) is 13.9. The second-order valence-electron chi connectivity index (χ2n) is 3.22. The fourth-order valence-corrected chi connectivity index (χ4v) is 1.08. The van der Waals surface area contributed by atoms with E-state index in [9.17, 15) is 32.5 Å². The van der Waals surface area contributed by atoms with Gasteiger partial charge >= 0.3 is 11.9 Å². The zero-order valence-electron chi connectivity index (χ0n) is 8.62. The van der Waals surface area contributed by atoms with Gasteiger partial charge in [-0.1, -0.05) is 0 Å². The van der Waals surface area contributed by atoms with E-state index in [0.717, 1.165) is 6.07 Å². The molecule has 0 fully saturated rings. The molecule has 0 saturated heterocycles. The van der Waals surface area contributed by atoms with Gasteiger partial charge in [0, 0.05) is 11.6 Å². The molecular weight excluding hydrogens is 260 g/mol. The van der Waals surface area contributed by atoms with Crippen LogP contribution in [0.3, 0.4) is 0 Å². The van der Waals surface area contributed by atoms with Crippen molar-refractivity contribution in [1.29, 1.82) is 0 Å². The summed E-state index contributed by atoms with van der Waals surface area (Å²) in [5.74, 6) is -2.34. The number of nitrogens with one attached hydrogen (secondary N) is 1. The number of carbonyl (C=O) groups excluding carboxylic acids is 1.